The third kappa shape index (κ3) is 5.13. The third-order valence-corrected chi connectivity index (χ3v) is 3.96. The minimum Gasteiger partial charge on any atom is -0.492 e. The molecule has 0 aliphatic heterocycles. The Balaban J connectivity index is 1.44. The number of carbonyl (C=O) groups is 1. The molecule has 1 aromatic heterocycles. The molecule has 0 aliphatic carbocycles. The SMILES string of the molecule is O=C(Cn1cc(-c2cccc(Br)c2)nn1)NCCOc1ccc(F)cc1. The maximum atomic E-state index is 12.8. The Morgan fingerprint density at radius 1 is 1.23 bits per heavy atom. The summed E-state index contributed by atoms with van der Waals surface area (Å²) in [5, 5.41) is 10.8. The van der Waals surface area contributed by atoms with Gasteiger partial charge in [0.15, 0.2) is 0 Å². The highest BCUT2D eigenvalue weighted by Crippen LogP contribution is 2.20. The Bertz CT molecular complexity index is 883. The molecule has 3 rings (SSSR count). The molecule has 2 aromatic carbocycles. The summed E-state index contributed by atoms with van der Waals surface area (Å²) in [6.07, 6.45) is 1.72. The van der Waals surface area contributed by atoms with E-state index in [0.29, 0.717) is 18.0 Å². The molecule has 0 saturated carbocycles. The topological polar surface area (TPSA) is 69.0 Å². The molecule has 0 unspecified atom stereocenters. The van der Waals surface area contributed by atoms with E-state index in [1.54, 1.807) is 6.20 Å². The second-order valence-corrected chi connectivity index (χ2v) is 6.38. The zero-order valence-corrected chi connectivity index (χ0v) is 15.3. The van der Waals surface area contributed by atoms with Gasteiger partial charge in [0.25, 0.3) is 0 Å². The lowest BCUT2D eigenvalue weighted by atomic mass is 10.2. The van der Waals surface area contributed by atoms with Crippen LogP contribution in [0.1, 0.15) is 0 Å². The van der Waals surface area contributed by atoms with Crippen LogP contribution in [-0.2, 0) is 11.3 Å². The van der Waals surface area contributed by atoms with Crippen LogP contribution in [-0.4, -0.2) is 34.1 Å². The maximum absolute atomic E-state index is 12.8. The summed E-state index contributed by atoms with van der Waals surface area (Å²) >= 11 is 3.41. The molecule has 26 heavy (non-hydrogen) atoms. The third-order valence-electron chi connectivity index (χ3n) is 3.47. The minimum absolute atomic E-state index is 0.0670. The van der Waals surface area contributed by atoms with Crippen molar-refractivity contribution in [3.05, 3.63) is 65.0 Å². The van der Waals surface area contributed by atoms with Gasteiger partial charge in [0, 0.05) is 10.0 Å². The van der Waals surface area contributed by atoms with E-state index in [-0.39, 0.29) is 24.9 Å². The number of benzene rings is 2. The van der Waals surface area contributed by atoms with Gasteiger partial charge in [0.2, 0.25) is 5.91 Å². The molecular weight excluding hydrogens is 403 g/mol. The van der Waals surface area contributed by atoms with Gasteiger partial charge in [-0.25, -0.2) is 9.07 Å². The lowest BCUT2D eigenvalue weighted by Crippen LogP contribution is -2.31. The first-order valence-electron chi connectivity index (χ1n) is 7.91. The zero-order chi connectivity index (χ0) is 18.4. The van der Waals surface area contributed by atoms with E-state index in [4.69, 9.17) is 4.74 Å². The van der Waals surface area contributed by atoms with E-state index in [1.165, 1.54) is 28.9 Å². The Morgan fingerprint density at radius 2 is 2.04 bits per heavy atom. The minimum atomic E-state index is -0.319. The van der Waals surface area contributed by atoms with Crippen LogP contribution in [0.2, 0.25) is 0 Å². The summed E-state index contributed by atoms with van der Waals surface area (Å²) in [6, 6.07) is 13.4. The fourth-order valence-corrected chi connectivity index (χ4v) is 2.65. The molecule has 0 fully saturated rings. The number of ether oxygens (including phenoxy) is 1. The summed E-state index contributed by atoms with van der Waals surface area (Å²) < 4.78 is 20.6. The van der Waals surface area contributed by atoms with Crippen molar-refractivity contribution in [1.29, 1.82) is 0 Å². The standard InChI is InChI=1S/C18H16BrFN4O2/c19-14-3-1-2-13(10-14)17-11-24(23-22-17)12-18(25)21-8-9-26-16-6-4-15(20)5-7-16/h1-7,10-11H,8-9,12H2,(H,21,25). The van der Waals surface area contributed by atoms with Gasteiger partial charge >= 0.3 is 0 Å². The number of nitrogens with zero attached hydrogens (tertiary/aromatic N) is 3. The number of carbonyl (C=O) groups excluding carboxylic acids is 1. The molecule has 0 bridgehead atoms. The van der Waals surface area contributed by atoms with Crippen molar-refractivity contribution in [2.24, 2.45) is 0 Å². The van der Waals surface area contributed by atoms with Crippen molar-refractivity contribution in [3.8, 4) is 17.0 Å². The molecule has 1 heterocycles. The lowest BCUT2D eigenvalue weighted by molar-refractivity contribution is -0.121. The Labute approximate surface area is 158 Å². The number of amides is 1. The number of halogens is 2. The first-order chi connectivity index (χ1) is 12.6. The molecule has 0 saturated heterocycles. The zero-order valence-electron chi connectivity index (χ0n) is 13.7. The second kappa shape index (κ2) is 8.57. The molecule has 0 radical (unpaired) electrons. The molecule has 8 heteroatoms. The summed E-state index contributed by atoms with van der Waals surface area (Å²) in [5.74, 6) is 0.0368. The highest BCUT2D eigenvalue weighted by atomic mass is 79.9. The van der Waals surface area contributed by atoms with Crippen molar-refractivity contribution in [3.63, 3.8) is 0 Å². The summed E-state index contributed by atoms with van der Waals surface area (Å²) in [6.45, 7) is 0.693. The van der Waals surface area contributed by atoms with Crippen molar-refractivity contribution in [2.45, 2.75) is 6.54 Å². The molecule has 1 N–H and O–H groups in total. The predicted octanol–water partition coefficient (Wildman–Crippen LogP) is 3.04. The highest BCUT2D eigenvalue weighted by molar-refractivity contribution is 9.10. The average Bonchev–Trinajstić information content (AvgIpc) is 3.09. The van der Waals surface area contributed by atoms with Gasteiger partial charge in [-0.2, -0.15) is 0 Å². The first-order valence-corrected chi connectivity index (χ1v) is 8.70. The molecule has 0 spiro atoms. The van der Waals surface area contributed by atoms with Crippen LogP contribution < -0.4 is 10.1 Å². The van der Waals surface area contributed by atoms with Crippen molar-refractivity contribution in [2.75, 3.05) is 13.2 Å². The van der Waals surface area contributed by atoms with E-state index in [1.807, 2.05) is 24.3 Å². The van der Waals surface area contributed by atoms with E-state index in [9.17, 15) is 9.18 Å². The number of hydrogen-bond acceptors (Lipinski definition) is 4. The monoisotopic (exact) mass is 418 g/mol. The number of rotatable bonds is 7. The van der Waals surface area contributed by atoms with Crippen LogP contribution in [0.5, 0.6) is 5.75 Å². The average molecular weight is 419 g/mol. The van der Waals surface area contributed by atoms with Crippen LogP contribution in [0, 0.1) is 5.82 Å². The molecular formula is C18H16BrFN4O2. The van der Waals surface area contributed by atoms with Crippen LogP contribution in [0.25, 0.3) is 11.3 Å². The molecule has 0 aliphatic rings. The van der Waals surface area contributed by atoms with Gasteiger partial charge < -0.3 is 10.1 Å². The van der Waals surface area contributed by atoms with Crippen molar-refractivity contribution in [1.82, 2.24) is 20.3 Å². The second-order valence-electron chi connectivity index (χ2n) is 5.46. The van der Waals surface area contributed by atoms with E-state index in [0.717, 1.165) is 10.0 Å². The Hall–Kier alpha value is -2.74. The van der Waals surface area contributed by atoms with Crippen molar-refractivity contribution >= 4 is 21.8 Å². The van der Waals surface area contributed by atoms with Gasteiger partial charge in [0.1, 0.15) is 30.4 Å². The van der Waals surface area contributed by atoms with E-state index >= 15 is 0 Å². The molecule has 3 aromatic rings. The lowest BCUT2D eigenvalue weighted by Gasteiger charge is -2.07. The van der Waals surface area contributed by atoms with Crippen LogP contribution >= 0.6 is 15.9 Å². The molecule has 134 valence electrons. The number of aromatic nitrogens is 3. The fourth-order valence-electron chi connectivity index (χ4n) is 2.25. The highest BCUT2D eigenvalue weighted by Gasteiger charge is 2.08. The van der Waals surface area contributed by atoms with Gasteiger partial charge in [-0.3, -0.25) is 4.79 Å². The summed E-state index contributed by atoms with van der Waals surface area (Å²) in [7, 11) is 0. The number of nitrogens with one attached hydrogen (secondary N) is 1. The van der Waals surface area contributed by atoms with Crippen LogP contribution in [0.3, 0.4) is 0 Å². The van der Waals surface area contributed by atoms with Crippen LogP contribution in [0.15, 0.2) is 59.2 Å². The molecule has 6 nitrogen and oxygen atoms in total. The fraction of sp³-hybridized carbons (Fsp3) is 0.167. The summed E-state index contributed by atoms with van der Waals surface area (Å²) in [4.78, 5) is 12.0. The Kier molecular flexibility index (Phi) is 5.96. The summed E-state index contributed by atoms with van der Waals surface area (Å²) in [5.41, 5.74) is 1.61. The normalized spacial score (nSPS) is 10.5. The van der Waals surface area contributed by atoms with Gasteiger partial charge in [-0.1, -0.05) is 33.3 Å². The van der Waals surface area contributed by atoms with Gasteiger partial charge in [-0.05, 0) is 36.4 Å². The first kappa shape index (κ1) is 18.1. The van der Waals surface area contributed by atoms with E-state index < -0.39 is 0 Å². The largest absolute Gasteiger partial charge is 0.492 e. The predicted molar refractivity (Wildman–Crippen MR) is 98.1 cm³/mol. The number of hydrogen-bond donors (Lipinski definition) is 1. The van der Waals surface area contributed by atoms with Gasteiger partial charge in [0.05, 0.1) is 12.7 Å². The van der Waals surface area contributed by atoms with E-state index in [2.05, 4.69) is 31.6 Å². The Morgan fingerprint density at radius 3 is 2.81 bits per heavy atom. The quantitative estimate of drug-likeness (QED) is 0.598. The molecule has 0 atom stereocenters. The van der Waals surface area contributed by atoms with Crippen molar-refractivity contribution < 1.29 is 13.9 Å². The van der Waals surface area contributed by atoms with Gasteiger partial charge in [-0.15, -0.1) is 5.10 Å². The smallest absolute Gasteiger partial charge is 0.241 e. The maximum Gasteiger partial charge on any atom is 0.241 e. The van der Waals surface area contributed by atoms with Crippen LogP contribution in [0.4, 0.5) is 4.39 Å². The molecule has 1 amide bonds.